The lowest BCUT2D eigenvalue weighted by atomic mass is 9.62. The Labute approximate surface area is 104 Å². The Hall–Kier alpha value is -1.69. The lowest BCUT2D eigenvalue weighted by Crippen LogP contribution is -2.43. The second-order valence-corrected chi connectivity index (χ2v) is 5.20. The molecule has 0 amide bonds. The fourth-order valence-corrected chi connectivity index (χ4v) is 3.05. The summed E-state index contributed by atoms with van der Waals surface area (Å²) >= 11 is 0. The predicted octanol–water partition coefficient (Wildman–Crippen LogP) is 1.28. The summed E-state index contributed by atoms with van der Waals surface area (Å²) in [6, 6.07) is 0. The average Bonchev–Trinajstić information content (AvgIpc) is 3.00. The first kappa shape index (κ1) is 10.3. The number of rotatable bonds is 2. The van der Waals surface area contributed by atoms with E-state index in [9.17, 15) is 0 Å². The van der Waals surface area contributed by atoms with Crippen molar-refractivity contribution in [2.24, 2.45) is 5.92 Å². The van der Waals surface area contributed by atoms with Crippen LogP contribution in [-0.4, -0.2) is 28.2 Å². The van der Waals surface area contributed by atoms with Crippen LogP contribution in [0.3, 0.4) is 0 Å². The van der Waals surface area contributed by atoms with Gasteiger partial charge in [0.05, 0.1) is 5.41 Å². The summed E-state index contributed by atoms with van der Waals surface area (Å²) < 4.78 is 10.6. The molecule has 1 saturated heterocycles. The summed E-state index contributed by atoms with van der Waals surface area (Å²) in [4.78, 5) is 8.72. The Bertz CT molecular complexity index is 590. The van der Waals surface area contributed by atoms with E-state index in [2.05, 4.69) is 20.4 Å². The van der Waals surface area contributed by atoms with Crippen molar-refractivity contribution in [3.05, 3.63) is 18.0 Å². The molecule has 6 nitrogen and oxygen atoms in total. The molecule has 1 N–H and O–H groups in total. The largest absolute Gasteiger partial charge is 0.449 e. The lowest BCUT2D eigenvalue weighted by molar-refractivity contribution is 0.131. The van der Waals surface area contributed by atoms with Crippen LogP contribution in [0.15, 0.2) is 15.2 Å². The first-order chi connectivity index (χ1) is 8.78. The van der Waals surface area contributed by atoms with Crippen LogP contribution in [0.5, 0.6) is 0 Å². The van der Waals surface area contributed by atoms with Crippen molar-refractivity contribution in [1.29, 1.82) is 0 Å². The lowest BCUT2D eigenvalue weighted by Gasteiger charge is -2.40. The van der Waals surface area contributed by atoms with E-state index in [1.54, 1.807) is 13.2 Å². The highest BCUT2D eigenvalue weighted by molar-refractivity contribution is 5.46. The first-order valence-corrected chi connectivity index (χ1v) is 6.25. The van der Waals surface area contributed by atoms with Crippen LogP contribution < -0.4 is 5.32 Å². The standard InChI is InChI=1S/C12H14N4O2/c1-7-14-9(5-17-7)10-15-11(18-16-10)12-3-2-8(12)4-13-6-12/h5,8,13H,2-4,6H2,1H3/t8-,12-/m0/s1. The summed E-state index contributed by atoms with van der Waals surface area (Å²) in [5, 5.41) is 7.44. The maximum absolute atomic E-state index is 5.45. The van der Waals surface area contributed by atoms with Crippen LogP contribution >= 0.6 is 0 Å². The van der Waals surface area contributed by atoms with E-state index in [0.717, 1.165) is 25.4 Å². The van der Waals surface area contributed by atoms with Gasteiger partial charge in [-0.25, -0.2) is 4.98 Å². The molecule has 1 aliphatic heterocycles. The molecule has 94 valence electrons. The monoisotopic (exact) mass is 246 g/mol. The van der Waals surface area contributed by atoms with Crippen molar-refractivity contribution in [3.63, 3.8) is 0 Å². The molecular weight excluding hydrogens is 232 g/mol. The second kappa shape index (κ2) is 3.41. The molecule has 0 bridgehead atoms. The molecule has 0 radical (unpaired) electrons. The fourth-order valence-electron chi connectivity index (χ4n) is 3.05. The number of fused-ring (bicyclic) bond motifs is 1. The molecule has 3 heterocycles. The van der Waals surface area contributed by atoms with Crippen LogP contribution in [0.25, 0.3) is 11.5 Å². The molecule has 0 unspecified atom stereocenters. The molecule has 2 fully saturated rings. The summed E-state index contributed by atoms with van der Waals surface area (Å²) in [5.41, 5.74) is 0.713. The summed E-state index contributed by atoms with van der Waals surface area (Å²) in [6.07, 6.45) is 3.94. The highest BCUT2D eigenvalue weighted by atomic mass is 16.5. The average molecular weight is 246 g/mol. The zero-order valence-corrected chi connectivity index (χ0v) is 10.1. The molecule has 2 atom stereocenters. The minimum atomic E-state index is 0.0734. The molecule has 0 spiro atoms. The van der Waals surface area contributed by atoms with Crippen molar-refractivity contribution in [2.75, 3.05) is 13.1 Å². The van der Waals surface area contributed by atoms with Crippen LogP contribution in [0.4, 0.5) is 0 Å². The van der Waals surface area contributed by atoms with Crippen LogP contribution in [0, 0.1) is 12.8 Å². The minimum absolute atomic E-state index is 0.0734. The normalized spacial score (nSPS) is 30.2. The van der Waals surface area contributed by atoms with Crippen molar-refractivity contribution in [1.82, 2.24) is 20.4 Å². The van der Waals surface area contributed by atoms with Gasteiger partial charge in [0.1, 0.15) is 12.0 Å². The maximum atomic E-state index is 5.45. The number of aromatic nitrogens is 3. The van der Waals surface area contributed by atoms with Crippen molar-refractivity contribution < 1.29 is 8.94 Å². The summed E-state index contributed by atoms with van der Waals surface area (Å²) in [5.74, 6) is 2.52. The Morgan fingerprint density at radius 2 is 2.39 bits per heavy atom. The maximum Gasteiger partial charge on any atom is 0.234 e. The Balaban J connectivity index is 1.70. The number of hydrogen-bond donors (Lipinski definition) is 1. The van der Waals surface area contributed by atoms with E-state index in [0.29, 0.717) is 23.3 Å². The van der Waals surface area contributed by atoms with E-state index in [-0.39, 0.29) is 5.41 Å². The van der Waals surface area contributed by atoms with Crippen molar-refractivity contribution >= 4 is 0 Å². The molecule has 2 aliphatic rings. The van der Waals surface area contributed by atoms with Gasteiger partial charge in [0.15, 0.2) is 5.89 Å². The number of hydrogen-bond acceptors (Lipinski definition) is 6. The van der Waals surface area contributed by atoms with Gasteiger partial charge in [0.2, 0.25) is 11.7 Å². The van der Waals surface area contributed by atoms with Gasteiger partial charge in [-0.3, -0.25) is 0 Å². The molecule has 2 aromatic heterocycles. The number of nitrogens with one attached hydrogen (secondary N) is 1. The van der Waals surface area contributed by atoms with Gasteiger partial charge in [0, 0.05) is 13.5 Å². The minimum Gasteiger partial charge on any atom is -0.449 e. The third kappa shape index (κ3) is 1.23. The van der Waals surface area contributed by atoms with Gasteiger partial charge in [-0.05, 0) is 25.3 Å². The quantitative estimate of drug-likeness (QED) is 0.860. The highest BCUT2D eigenvalue weighted by Gasteiger charge is 2.55. The van der Waals surface area contributed by atoms with Gasteiger partial charge < -0.3 is 14.3 Å². The number of oxazole rings is 1. The number of aryl methyl sites for hydroxylation is 1. The second-order valence-electron chi connectivity index (χ2n) is 5.20. The zero-order chi connectivity index (χ0) is 12.2. The van der Waals surface area contributed by atoms with E-state index in [1.807, 2.05) is 0 Å². The zero-order valence-electron chi connectivity index (χ0n) is 10.1. The molecular formula is C12H14N4O2. The van der Waals surface area contributed by atoms with Gasteiger partial charge in [-0.1, -0.05) is 5.16 Å². The number of nitrogens with zero attached hydrogens (tertiary/aromatic N) is 3. The third-order valence-electron chi connectivity index (χ3n) is 4.25. The Morgan fingerprint density at radius 3 is 3.06 bits per heavy atom. The van der Waals surface area contributed by atoms with Crippen molar-refractivity contribution in [2.45, 2.75) is 25.2 Å². The fraction of sp³-hybridized carbons (Fsp3) is 0.583. The molecule has 6 heteroatoms. The Kier molecular flexibility index (Phi) is 1.94. The van der Waals surface area contributed by atoms with Gasteiger partial charge >= 0.3 is 0 Å². The smallest absolute Gasteiger partial charge is 0.234 e. The van der Waals surface area contributed by atoms with Gasteiger partial charge in [0.25, 0.3) is 0 Å². The Morgan fingerprint density at radius 1 is 1.44 bits per heavy atom. The van der Waals surface area contributed by atoms with Crippen LogP contribution in [0.2, 0.25) is 0 Å². The molecule has 1 saturated carbocycles. The predicted molar refractivity (Wildman–Crippen MR) is 61.8 cm³/mol. The molecule has 4 rings (SSSR count). The molecule has 2 aromatic rings. The van der Waals surface area contributed by atoms with Gasteiger partial charge in [-0.2, -0.15) is 4.98 Å². The highest BCUT2D eigenvalue weighted by Crippen LogP contribution is 2.50. The van der Waals surface area contributed by atoms with E-state index in [1.165, 1.54) is 6.42 Å². The van der Waals surface area contributed by atoms with Crippen LogP contribution in [0.1, 0.15) is 24.6 Å². The molecule has 18 heavy (non-hydrogen) atoms. The van der Waals surface area contributed by atoms with E-state index in [4.69, 9.17) is 8.94 Å². The topological polar surface area (TPSA) is 77.0 Å². The SMILES string of the molecule is Cc1nc(-c2noc([C@]34CC[C@H]3CNC4)n2)co1. The molecule has 0 aromatic carbocycles. The van der Waals surface area contributed by atoms with Crippen LogP contribution in [-0.2, 0) is 5.41 Å². The van der Waals surface area contributed by atoms with E-state index < -0.39 is 0 Å². The van der Waals surface area contributed by atoms with E-state index >= 15 is 0 Å². The third-order valence-corrected chi connectivity index (χ3v) is 4.25. The summed E-state index contributed by atoms with van der Waals surface area (Å²) in [6.45, 7) is 3.80. The van der Waals surface area contributed by atoms with Gasteiger partial charge in [-0.15, -0.1) is 0 Å². The van der Waals surface area contributed by atoms with Crippen molar-refractivity contribution in [3.8, 4) is 11.5 Å². The summed E-state index contributed by atoms with van der Waals surface area (Å²) in [7, 11) is 0. The first-order valence-electron chi connectivity index (χ1n) is 6.25. The molecule has 1 aliphatic carbocycles.